The number of amides is 1. The van der Waals surface area contributed by atoms with Crippen LogP contribution in [0.15, 0.2) is 23.1 Å². The van der Waals surface area contributed by atoms with Gasteiger partial charge in [0.05, 0.1) is 15.9 Å². The van der Waals surface area contributed by atoms with E-state index in [9.17, 15) is 13.2 Å². The monoisotopic (exact) mass is 486 g/mol. The van der Waals surface area contributed by atoms with Crippen molar-refractivity contribution >= 4 is 27.0 Å². The SMILES string of the molecule is CCn1c(CCC(=O)N[C@@H](C)C23CC4CC(CC(C4)C2)C3)nc2cc(S(=O)(=O)N(C)C)ccc21. The molecule has 4 bridgehead atoms. The first-order valence-corrected chi connectivity index (χ1v) is 14.3. The first-order valence-electron chi connectivity index (χ1n) is 12.8. The number of nitrogens with zero attached hydrogens (tertiary/aromatic N) is 3. The Bertz CT molecular complexity index is 1160. The van der Waals surface area contributed by atoms with Gasteiger partial charge in [-0.05, 0) is 93.7 Å². The predicted octanol–water partition coefficient (Wildman–Crippen LogP) is 3.96. The third-order valence-electron chi connectivity index (χ3n) is 8.85. The highest BCUT2D eigenvalue weighted by Gasteiger charge is 2.53. The molecule has 8 heteroatoms. The molecule has 1 N–H and O–H groups in total. The van der Waals surface area contributed by atoms with E-state index < -0.39 is 10.0 Å². The zero-order valence-electron chi connectivity index (χ0n) is 20.9. The van der Waals surface area contributed by atoms with E-state index in [-0.39, 0.29) is 16.8 Å². The Hall–Kier alpha value is -1.93. The van der Waals surface area contributed by atoms with Gasteiger partial charge in [0.1, 0.15) is 5.82 Å². The van der Waals surface area contributed by atoms with Crippen LogP contribution in [0.1, 0.15) is 64.6 Å². The molecule has 4 saturated carbocycles. The van der Waals surface area contributed by atoms with Gasteiger partial charge in [0, 0.05) is 39.5 Å². The molecular formula is C26H38N4O3S. The van der Waals surface area contributed by atoms with Crippen molar-refractivity contribution in [1.29, 1.82) is 0 Å². The summed E-state index contributed by atoms with van der Waals surface area (Å²) >= 11 is 0. The molecular weight excluding hydrogens is 448 g/mol. The smallest absolute Gasteiger partial charge is 0.242 e. The number of fused-ring (bicyclic) bond motifs is 1. The summed E-state index contributed by atoms with van der Waals surface area (Å²) in [5.74, 6) is 3.53. The molecule has 1 aromatic heterocycles. The molecule has 4 aliphatic carbocycles. The van der Waals surface area contributed by atoms with Gasteiger partial charge in [-0.3, -0.25) is 4.79 Å². The second-order valence-electron chi connectivity index (χ2n) is 11.3. The standard InChI is InChI=1S/C26H38N4O3S/c1-5-30-23-7-6-21(34(32,33)29(3)4)13-22(23)28-24(30)8-9-25(31)27-17(2)26-14-18-10-19(15-26)12-20(11-18)16-26/h6-7,13,17-20H,5,8-12,14-16H2,1-4H3,(H,27,31)/t17-,18?,19?,20?,26?/m0/s1. The first kappa shape index (κ1) is 23.8. The third kappa shape index (κ3) is 4.06. The lowest BCUT2D eigenvalue weighted by Gasteiger charge is -2.59. The van der Waals surface area contributed by atoms with E-state index in [4.69, 9.17) is 4.98 Å². The van der Waals surface area contributed by atoms with Crippen molar-refractivity contribution in [3.8, 4) is 0 Å². The summed E-state index contributed by atoms with van der Waals surface area (Å²) in [4.78, 5) is 17.9. The second-order valence-corrected chi connectivity index (χ2v) is 13.4. The maximum atomic E-state index is 13.0. The molecule has 0 saturated heterocycles. The van der Waals surface area contributed by atoms with Crippen LogP contribution in [0.5, 0.6) is 0 Å². The van der Waals surface area contributed by atoms with E-state index in [0.29, 0.717) is 23.8 Å². The summed E-state index contributed by atoms with van der Waals surface area (Å²) in [6.07, 6.45) is 9.00. The van der Waals surface area contributed by atoms with Crippen molar-refractivity contribution in [3.05, 3.63) is 24.0 Å². The Kier molecular flexibility index (Phi) is 6.04. The molecule has 186 valence electrons. The minimum absolute atomic E-state index is 0.0915. The molecule has 1 aromatic carbocycles. The average Bonchev–Trinajstić information content (AvgIpc) is 3.13. The van der Waals surface area contributed by atoms with Gasteiger partial charge >= 0.3 is 0 Å². The van der Waals surface area contributed by atoms with Crippen LogP contribution in [-0.4, -0.2) is 48.3 Å². The van der Waals surface area contributed by atoms with Crippen LogP contribution < -0.4 is 5.32 Å². The molecule has 0 unspecified atom stereocenters. The van der Waals surface area contributed by atoms with Gasteiger partial charge in [-0.25, -0.2) is 17.7 Å². The minimum atomic E-state index is -3.52. The highest BCUT2D eigenvalue weighted by Crippen LogP contribution is 2.61. The van der Waals surface area contributed by atoms with Crippen LogP contribution in [-0.2, 0) is 27.8 Å². The summed E-state index contributed by atoms with van der Waals surface area (Å²) in [6.45, 7) is 4.99. The maximum Gasteiger partial charge on any atom is 0.242 e. The summed E-state index contributed by atoms with van der Waals surface area (Å²) in [6, 6.07) is 5.31. The van der Waals surface area contributed by atoms with Crippen LogP contribution in [0, 0.1) is 23.2 Å². The van der Waals surface area contributed by atoms with Crippen molar-refractivity contribution in [2.75, 3.05) is 14.1 Å². The highest BCUT2D eigenvalue weighted by molar-refractivity contribution is 7.89. The van der Waals surface area contributed by atoms with Crippen molar-refractivity contribution in [1.82, 2.24) is 19.2 Å². The van der Waals surface area contributed by atoms with Gasteiger partial charge in [-0.1, -0.05) is 0 Å². The molecule has 4 aliphatic rings. The number of benzene rings is 1. The normalized spacial score (nSPS) is 29.1. The zero-order valence-corrected chi connectivity index (χ0v) is 21.7. The number of nitrogens with one attached hydrogen (secondary N) is 1. The van der Waals surface area contributed by atoms with E-state index in [0.717, 1.165) is 35.6 Å². The summed E-state index contributed by atoms with van der Waals surface area (Å²) < 4.78 is 28.3. The molecule has 4 fully saturated rings. The Morgan fingerprint density at radius 3 is 2.35 bits per heavy atom. The van der Waals surface area contributed by atoms with Gasteiger partial charge in [-0.15, -0.1) is 0 Å². The van der Waals surface area contributed by atoms with E-state index in [2.05, 4.69) is 16.8 Å². The average molecular weight is 487 g/mol. The molecule has 7 nitrogen and oxygen atoms in total. The van der Waals surface area contributed by atoms with Crippen LogP contribution >= 0.6 is 0 Å². The Morgan fingerprint density at radius 2 is 1.79 bits per heavy atom. The van der Waals surface area contributed by atoms with Crippen molar-refractivity contribution in [2.24, 2.45) is 23.2 Å². The fraction of sp³-hybridized carbons (Fsp3) is 0.692. The molecule has 6 rings (SSSR count). The number of aromatic nitrogens is 2. The summed E-state index contributed by atoms with van der Waals surface area (Å²) in [5.41, 5.74) is 1.86. The van der Waals surface area contributed by atoms with E-state index in [1.807, 2.05) is 13.0 Å². The fourth-order valence-corrected chi connectivity index (χ4v) is 8.40. The number of carbonyl (C=O) groups excluding carboxylic acids is 1. The van der Waals surface area contributed by atoms with Crippen molar-refractivity contribution < 1.29 is 13.2 Å². The summed E-state index contributed by atoms with van der Waals surface area (Å²) in [7, 11) is -0.464. The molecule has 1 heterocycles. The van der Waals surface area contributed by atoms with E-state index in [1.54, 1.807) is 12.1 Å². The fourth-order valence-electron chi connectivity index (χ4n) is 7.47. The van der Waals surface area contributed by atoms with E-state index in [1.165, 1.54) is 56.9 Å². The van der Waals surface area contributed by atoms with Crippen LogP contribution in [0.3, 0.4) is 0 Å². The molecule has 0 radical (unpaired) electrons. The Labute approximate surface area is 203 Å². The maximum absolute atomic E-state index is 13.0. The quantitative estimate of drug-likeness (QED) is 0.612. The lowest BCUT2D eigenvalue weighted by Crippen LogP contribution is -2.55. The molecule has 0 aliphatic heterocycles. The molecule has 1 amide bonds. The molecule has 1 atom stereocenters. The third-order valence-corrected chi connectivity index (χ3v) is 10.7. The largest absolute Gasteiger partial charge is 0.353 e. The predicted molar refractivity (Wildman–Crippen MR) is 133 cm³/mol. The molecule has 2 aromatic rings. The van der Waals surface area contributed by atoms with Crippen LogP contribution in [0.4, 0.5) is 0 Å². The van der Waals surface area contributed by atoms with Gasteiger partial charge in [0.2, 0.25) is 15.9 Å². The van der Waals surface area contributed by atoms with Gasteiger partial charge in [0.15, 0.2) is 0 Å². The number of carbonyl (C=O) groups is 1. The van der Waals surface area contributed by atoms with Crippen molar-refractivity contribution in [2.45, 2.75) is 82.7 Å². The number of aryl methyl sites for hydroxylation is 2. The zero-order chi connectivity index (χ0) is 24.3. The lowest BCUT2D eigenvalue weighted by atomic mass is 9.48. The van der Waals surface area contributed by atoms with Gasteiger partial charge in [-0.2, -0.15) is 0 Å². The molecule has 34 heavy (non-hydrogen) atoms. The Morgan fingerprint density at radius 1 is 1.18 bits per heavy atom. The summed E-state index contributed by atoms with van der Waals surface area (Å²) in [5, 5.41) is 3.36. The van der Waals surface area contributed by atoms with E-state index >= 15 is 0 Å². The topological polar surface area (TPSA) is 84.3 Å². The number of sulfonamides is 1. The number of hydrogen-bond donors (Lipinski definition) is 1. The van der Waals surface area contributed by atoms with Crippen LogP contribution in [0.2, 0.25) is 0 Å². The lowest BCUT2D eigenvalue weighted by molar-refractivity contribution is -0.125. The first-order chi connectivity index (χ1) is 16.1. The highest BCUT2D eigenvalue weighted by atomic mass is 32.2. The van der Waals surface area contributed by atoms with Crippen molar-refractivity contribution in [3.63, 3.8) is 0 Å². The van der Waals surface area contributed by atoms with Gasteiger partial charge < -0.3 is 9.88 Å². The van der Waals surface area contributed by atoms with Gasteiger partial charge in [0.25, 0.3) is 0 Å². The number of rotatable bonds is 8. The number of imidazole rings is 1. The van der Waals surface area contributed by atoms with Crippen LogP contribution in [0.25, 0.3) is 11.0 Å². The molecule has 0 spiro atoms. The Balaban J connectivity index is 1.27. The second kappa shape index (κ2) is 8.63. The number of hydrogen-bond acceptors (Lipinski definition) is 4. The minimum Gasteiger partial charge on any atom is -0.353 e.